The first-order valence-electron chi connectivity index (χ1n) is 13.3. The first-order valence-corrected chi connectivity index (χ1v) is 13.3. The summed E-state index contributed by atoms with van der Waals surface area (Å²) in [6.45, 7) is 12.7. The van der Waals surface area contributed by atoms with Crippen LogP contribution in [0.3, 0.4) is 0 Å². The van der Waals surface area contributed by atoms with Crippen LogP contribution in [0.15, 0.2) is 22.9 Å². The maximum absolute atomic E-state index is 10.4. The molecule has 5 rings (SSSR count). The zero-order valence-corrected chi connectivity index (χ0v) is 20.1. The van der Waals surface area contributed by atoms with Crippen LogP contribution in [-0.2, 0) is 0 Å². The molecule has 5 aliphatic rings. The zero-order valence-electron chi connectivity index (χ0n) is 20.1. The summed E-state index contributed by atoms with van der Waals surface area (Å²) in [5, 5.41) is 10.4. The number of likely N-dealkylation sites (tertiary alicyclic amines) is 1. The lowest BCUT2D eigenvalue weighted by Crippen LogP contribution is -2.53. The van der Waals surface area contributed by atoms with Crippen LogP contribution in [0.5, 0.6) is 0 Å². The van der Waals surface area contributed by atoms with Gasteiger partial charge in [-0.15, -0.1) is 0 Å². The van der Waals surface area contributed by atoms with E-state index < -0.39 is 0 Å². The summed E-state index contributed by atoms with van der Waals surface area (Å²) in [6.07, 6.45) is 16.6. The van der Waals surface area contributed by atoms with Crippen molar-refractivity contribution in [2.45, 2.75) is 104 Å². The summed E-state index contributed by atoms with van der Waals surface area (Å²) in [7, 11) is 0. The summed E-state index contributed by atoms with van der Waals surface area (Å²) in [4.78, 5) is 2.84. The highest BCUT2D eigenvalue weighted by molar-refractivity contribution is 5.35. The number of hydrogen-bond acceptors (Lipinski definition) is 2. The predicted molar refractivity (Wildman–Crippen MR) is 125 cm³/mol. The van der Waals surface area contributed by atoms with Crippen LogP contribution in [-0.4, -0.2) is 29.2 Å². The lowest BCUT2D eigenvalue weighted by atomic mass is 9.45. The maximum atomic E-state index is 10.4. The SMILES string of the molecule is CCC1=C(N2CCCCC2)[C@@]2(C)CC[C@H]3[C@@H]([C@@H](CC)C=C4C[C@@H](O)CC[C@@]43C)[C@@H]2C1. The molecule has 1 saturated heterocycles. The fourth-order valence-electron chi connectivity index (χ4n) is 8.97. The molecule has 7 atom stereocenters. The molecule has 0 aromatic rings. The van der Waals surface area contributed by atoms with Crippen LogP contribution in [0.1, 0.15) is 98.3 Å². The average molecular weight is 412 g/mol. The number of rotatable bonds is 3. The summed E-state index contributed by atoms with van der Waals surface area (Å²) in [5.41, 5.74) is 5.97. The molecule has 0 radical (unpaired) electrons. The Morgan fingerprint density at radius 3 is 2.40 bits per heavy atom. The van der Waals surface area contributed by atoms with Crippen LogP contribution in [0.4, 0.5) is 0 Å². The van der Waals surface area contributed by atoms with Crippen LogP contribution < -0.4 is 0 Å². The van der Waals surface area contributed by atoms with Crippen molar-refractivity contribution in [2.24, 2.45) is 34.5 Å². The molecular formula is C28H45NO. The number of hydrogen-bond donors (Lipinski definition) is 1. The van der Waals surface area contributed by atoms with Crippen molar-refractivity contribution >= 4 is 0 Å². The van der Waals surface area contributed by atoms with E-state index in [0.717, 1.165) is 30.6 Å². The number of aliphatic hydroxyl groups is 1. The van der Waals surface area contributed by atoms with E-state index in [2.05, 4.69) is 38.7 Å². The molecule has 2 nitrogen and oxygen atoms in total. The van der Waals surface area contributed by atoms with Gasteiger partial charge in [0.25, 0.3) is 0 Å². The molecular weight excluding hydrogens is 366 g/mol. The minimum Gasteiger partial charge on any atom is -0.393 e. The Hall–Kier alpha value is -0.760. The molecule has 0 aromatic heterocycles. The molecule has 1 N–H and O–H groups in total. The second-order valence-electron chi connectivity index (χ2n) is 11.9. The lowest BCUT2D eigenvalue weighted by Gasteiger charge is -2.60. The standard InChI is InChI=1S/C28H45NO/c1-5-19-16-21-18-22(30)10-12-27(21,3)23-11-13-28(4)24(25(19)23)17-20(6-2)26(28)29-14-8-7-9-15-29/h16,19,22-25,30H,5-15,17-18H2,1-4H3/t19-,22-,23-,24-,25+,27-,28-/m0/s1. The van der Waals surface area contributed by atoms with Crippen molar-refractivity contribution in [1.29, 1.82) is 0 Å². The van der Waals surface area contributed by atoms with Crippen LogP contribution in [0, 0.1) is 34.5 Å². The molecule has 2 saturated carbocycles. The first kappa shape index (κ1) is 21.1. The zero-order chi connectivity index (χ0) is 21.1. The maximum Gasteiger partial charge on any atom is 0.0577 e. The quantitative estimate of drug-likeness (QED) is 0.522. The average Bonchev–Trinajstić information content (AvgIpc) is 3.06. The van der Waals surface area contributed by atoms with Crippen molar-refractivity contribution in [3.05, 3.63) is 22.9 Å². The molecule has 1 heterocycles. The largest absolute Gasteiger partial charge is 0.393 e. The second-order valence-corrected chi connectivity index (χ2v) is 11.9. The Morgan fingerprint density at radius 2 is 1.70 bits per heavy atom. The van der Waals surface area contributed by atoms with Gasteiger partial charge < -0.3 is 10.0 Å². The van der Waals surface area contributed by atoms with Gasteiger partial charge in [-0.05, 0) is 99.7 Å². The van der Waals surface area contributed by atoms with Gasteiger partial charge in [-0.1, -0.05) is 44.9 Å². The Morgan fingerprint density at radius 1 is 0.967 bits per heavy atom. The summed E-state index contributed by atoms with van der Waals surface area (Å²) < 4.78 is 0. The van der Waals surface area contributed by atoms with Gasteiger partial charge in [-0.25, -0.2) is 0 Å². The van der Waals surface area contributed by atoms with E-state index in [4.69, 9.17) is 0 Å². The minimum absolute atomic E-state index is 0.0993. The van der Waals surface area contributed by atoms with E-state index in [0.29, 0.717) is 16.7 Å². The Labute approximate surface area is 185 Å². The molecule has 2 heteroatoms. The highest BCUT2D eigenvalue weighted by Gasteiger charge is 2.60. The highest BCUT2D eigenvalue weighted by atomic mass is 16.3. The van der Waals surface area contributed by atoms with Crippen LogP contribution >= 0.6 is 0 Å². The van der Waals surface area contributed by atoms with Crippen LogP contribution in [0.25, 0.3) is 0 Å². The third kappa shape index (κ3) is 2.99. The summed E-state index contributed by atoms with van der Waals surface area (Å²) in [5.74, 6) is 3.20. The molecule has 30 heavy (non-hydrogen) atoms. The van der Waals surface area contributed by atoms with Gasteiger partial charge in [-0.3, -0.25) is 0 Å². The molecule has 0 bridgehead atoms. The summed E-state index contributed by atoms with van der Waals surface area (Å²) in [6, 6.07) is 0. The normalized spacial score (nSPS) is 46.2. The number of nitrogens with zero attached hydrogens (tertiary/aromatic N) is 1. The van der Waals surface area contributed by atoms with Gasteiger partial charge >= 0.3 is 0 Å². The molecule has 4 aliphatic carbocycles. The molecule has 3 fully saturated rings. The Kier molecular flexibility index (Phi) is 5.40. The number of allylic oxidation sites excluding steroid dienone is 3. The predicted octanol–water partition coefficient (Wildman–Crippen LogP) is 6.71. The van der Waals surface area contributed by atoms with Gasteiger partial charge in [-0.2, -0.15) is 0 Å². The van der Waals surface area contributed by atoms with E-state index in [-0.39, 0.29) is 6.10 Å². The van der Waals surface area contributed by atoms with Gasteiger partial charge in [0, 0.05) is 24.2 Å². The molecule has 0 amide bonds. The minimum atomic E-state index is -0.0993. The molecule has 0 aromatic carbocycles. The monoisotopic (exact) mass is 411 g/mol. The van der Waals surface area contributed by atoms with E-state index in [9.17, 15) is 5.11 Å². The number of fused-ring (bicyclic) bond motifs is 5. The van der Waals surface area contributed by atoms with Gasteiger partial charge in [0.1, 0.15) is 0 Å². The van der Waals surface area contributed by atoms with Crippen molar-refractivity contribution in [3.8, 4) is 0 Å². The van der Waals surface area contributed by atoms with Crippen molar-refractivity contribution in [3.63, 3.8) is 0 Å². The first-order chi connectivity index (χ1) is 14.4. The Bertz CT molecular complexity index is 731. The van der Waals surface area contributed by atoms with Crippen molar-refractivity contribution in [2.75, 3.05) is 13.1 Å². The third-order valence-corrected chi connectivity index (χ3v) is 10.5. The fraction of sp³-hybridized carbons (Fsp3) is 0.857. The summed E-state index contributed by atoms with van der Waals surface area (Å²) >= 11 is 0. The lowest BCUT2D eigenvalue weighted by molar-refractivity contribution is -0.0582. The number of aliphatic hydroxyl groups excluding tert-OH is 1. The number of piperidine rings is 1. The van der Waals surface area contributed by atoms with E-state index in [1.54, 1.807) is 11.1 Å². The smallest absolute Gasteiger partial charge is 0.0577 e. The van der Waals surface area contributed by atoms with Gasteiger partial charge in [0.2, 0.25) is 0 Å². The molecule has 1 aliphatic heterocycles. The molecule has 0 spiro atoms. The van der Waals surface area contributed by atoms with Gasteiger partial charge in [0.15, 0.2) is 0 Å². The second kappa shape index (κ2) is 7.68. The fourth-order valence-corrected chi connectivity index (χ4v) is 8.97. The van der Waals surface area contributed by atoms with Gasteiger partial charge in [0.05, 0.1) is 6.10 Å². The third-order valence-electron chi connectivity index (χ3n) is 10.5. The van der Waals surface area contributed by atoms with Crippen molar-refractivity contribution < 1.29 is 5.11 Å². The Balaban J connectivity index is 1.53. The molecule has 168 valence electrons. The highest BCUT2D eigenvalue weighted by Crippen LogP contribution is 2.68. The van der Waals surface area contributed by atoms with Crippen molar-refractivity contribution in [1.82, 2.24) is 4.90 Å². The molecule has 0 unspecified atom stereocenters. The van der Waals surface area contributed by atoms with E-state index in [1.165, 1.54) is 70.9 Å². The van der Waals surface area contributed by atoms with E-state index >= 15 is 0 Å². The van der Waals surface area contributed by atoms with Crippen LogP contribution in [0.2, 0.25) is 0 Å². The topological polar surface area (TPSA) is 23.5 Å². The van der Waals surface area contributed by atoms with E-state index in [1.807, 2.05) is 5.70 Å².